The highest BCUT2D eigenvalue weighted by Crippen LogP contribution is 2.34. The van der Waals surface area contributed by atoms with Crippen molar-refractivity contribution in [1.82, 2.24) is 19.8 Å². The summed E-state index contributed by atoms with van der Waals surface area (Å²) in [6, 6.07) is 11.2. The number of furan rings is 2. The van der Waals surface area contributed by atoms with Crippen LogP contribution in [0.15, 0.2) is 79.7 Å². The molecule has 8 nitrogen and oxygen atoms in total. The molecule has 0 bridgehead atoms. The molecule has 1 unspecified atom stereocenters. The van der Waals surface area contributed by atoms with Crippen LogP contribution in [0.25, 0.3) is 0 Å². The van der Waals surface area contributed by atoms with Crippen LogP contribution >= 0.6 is 23.1 Å². The summed E-state index contributed by atoms with van der Waals surface area (Å²) in [5.41, 5.74) is 0.894. The first-order valence-corrected chi connectivity index (χ1v) is 11.1. The highest BCUT2D eigenvalue weighted by molar-refractivity contribution is 7.99. The monoisotopic (exact) mass is 439 g/mol. The number of hydrogen-bond donors (Lipinski definition) is 0. The zero-order chi connectivity index (χ0) is 20.3. The lowest BCUT2D eigenvalue weighted by Gasteiger charge is -2.19. The minimum Gasteiger partial charge on any atom is -0.467 e. The first-order chi connectivity index (χ1) is 14.8. The van der Waals surface area contributed by atoms with E-state index >= 15 is 0 Å². The largest absolute Gasteiger partial charge is 0.467 e. The molecule has 4 aromatic rings. The lowest BCUT2D eigenvalue weighted by Crippen LogP contribution is -2.28. The average Bonchev–Trinajstić information content (AvgIpc) is 3.57. The van der Waals surface area contributed by atoms with Crippen molar-refractivity contribution in [3.63, 3.8) is 0 Å². The highest BCUT2D eigenvalue weighted by atomic mass is 32.2. The molecule has 0 N–H and O–H groups in total. The number of carbonyl (C=O) groups is 1. The summed E-state index contributed by atoms with van der Waals surface area (Å²) < 4.78 is 12.8. The van der Waals surface area contributed by atoms with E-state index in [2.05, 4.69) is 15.3 Å². The predicted octanol–water partition coefficient (Wildman–Crippen LogP) is 4.04. The molecule has 5 rings (SSSR count). The van der Waals surface area contributed by atoms with Crippen LogP contribution in [0.5, 0.6) is 0 Å². The highest BCUT2D eigenvalue weighted by Gasteiger charge is 2.35. The molecular weight excluding hydrogens is 422 g/mol. The fraction of sp³-hybridized carbons (Fsp3) is 0.200. The van der Waals surface area contributed by atoms with Gasteiger partial charge < -0.3 is 13.4 Å². The lowest BCUT2D eigenvalue weighted by atomic mass is 10.1. The summed E-state index contributed by atoms with van der Waals surface area (Å²) in [6.07, 6.45) is 5.50. The van der Waals surface area contributed by atoms with Crippen LogP contribution in [0, 0.1) is 0 Å². The van der Waals surface area contributed by atoms with Gasteiger partial charge in [-0.2, -0.15) is 5.10 Å². The van der Waals surface area contributed by atoms with Crippen molar-refractivity contribution in [2.45, 2.75) is 24.2 Å². The summed E-state index contributed by atoms with van der Waals surface area (Å²) in [5, 5.41) is 16.9. The van der Waals surface area contributed by atoms with Crippen molar-refractivity contribution >= 4 is 34.7 Å². The summed E-state index contributed by atoms with van der Waals surface area (Å²) in [4.78, 5) is 14.1. The van der Waals surface area contributed by atoms with Gasteiger partial charge in [0.15, 0.2) is 5.16 Å². The van der Waals surface area contributed by atoms with E-state index in [1.807, 2.05) is 46.3 Å². The average molecular weight is 440 g/mol. The molecule has 0 fully saturated rings. The van der Waals surface area contributed by atoms with Gasteiger partial charge in [-0.1, -0.05) is 17.8 Å². The van der Waals surface area contributed by atoms with Gasteiger partial charge >= 0.3 is 0 Å². The predicted molar refractivity (Wildman–Crippen MR) is 112 cm³/mol. The number of amides is 1. The second kappa shape index (κ2) is 8.33. The van der Waals surface area contributed by atoms with Crippen molar-refractivity contribution in [1.29, 1.82) is 0 Å². The maximum absolute atomic E-state index is 13.1. The molecule has 0 aliphatic carbocycles. The van der Waals surface area contributed by atoms with Crippen LogP contribution in [0.3, 0.4) is 0 Å². The van der Waals surface area contributed by atoms with Gasteiger partial charge in [-0.15, -0.1) is 21.5 Å². The maximum atomic E-state index is 13.1. The second-order valence-corrected chi connectivity index (χ2v) is 8.50. The standard InChI is InChI=1S/C20H17N5O3S2/c26-19(12-30-20-22-21-13-24(20)11-14-4-1-7-27-14)25-16(17-5-2-8-28-17)10-15(23-25)18-6-3-9-29-18/h1-9,13,16H,10-12H2. The zero-order valence-electron chi connectivity index (χ0n) is 15.7. The number of thioether (sulfide) groups is 1. The van der Waals surface area contributed by atoms with Crippen molar-refractivity contribution in [3.05, 3.63) is 77.0 Å². The lowest BCUT2D eigenvalue weighted by molar-refractivity contribution is -0.130. The van der Waals surface area contributed by atoms with Crippen molar-refractivity contribution < 1.29 is 13.6 Å². The third kappa shape index (κ3) is 3.83. The molecule has 1 atom stereocenters. The molecule has 30 heavy (non-hydrogen) atoms. The fourth-order valence-corrected chi connectivity index (χ4v) is 4.75. The molecule has 0 spiro atoms. The molecule has 4 aromatic heterocycles. The van der Waals surface area contributed by atoms with Gasteiger partial charge in [-0.3, -0.25) is 4.79 Å². The van der Waals surface area contributed by atoms with Crippen LogP contribution in [-0.2, 0) is 11.3 Å². The molecule has 1 aliphatic rings. The molecular formula is C20H17N5O3S2. The Kier molecular flexibility index (Phi) is 5.24. The minimum atomic E-state index is -0.244. The number of carbonyl (C=O) groups excluding carboxylic acids is 1. The van der Waals surface area contributed by atoms with Crippen molar-refractivity contribution in [2.75, 3.05) is 5.75 Å². The number of nitrogens with zero attached hydrogens (tertiary/aromatic N) is 5. The third-order valence-corrected chi connectivity index (χ3v) is 6.54. The first kappa shape index (κ1) is 18.9. The van der Waals surface area contributed by atoms with Crippen LogP contribution in [0.1, 0.15) is 28.9 Å². The number of hydrogen-bond acceptors (Lipinski definition) is 8. The summed E-state index contributed by atoms with van der Waals surface area (Å²) in [5.74, 6) is 1.60. The molecule has 0 saturated carbocycles. The van der Waals surface area contributed by atoms with Crippen LogP contribution < -0.4 is 0 Å². The number of rotatable bonds is 7. The Balaban J connectivity index is 1.31. The van der Waals surface area contributed by atoms with Gasteiger partial charge in [-0.25, -0.2) is 5.01 Å². The number of hydrazone groups is 1. The number of thiophene rings is 1. The summed E-state index contributed by atoms with van der Waals surface area (Å²) in [7, 11) is 0. The Morgan fingerprint density at radius 1 is 1.20 bits per heavy atom. The van der Waals surface area contributed by atoms with E-state index in [9.17, 15) is 4.79 Å². The molecule has 0 radical (unpaired) electrons. The van der Waals surface area contributed by atoms with E-state index in [0.717, 1.165) is 22.1 Å². The van der Waals surface area contributed by atoms with Gasteiger partial charge in [-0.05, 0) is 35.7 Å². The van der Waals surface area contributed by atoms with E-state index < -0.39 is 0 Å². The second-order valence-electron chi connectivity index (χ2n) is 6.61. The van der Waals surface area contributed by atoms with Gasteiger partial charge in [0.25, 0.3) is 5.91 Å². The first-order valence-electron chi connectivity index (χ1n) is 9.28. The summed E-state index contributed by atoms with van der Waals surface area (Å²) in [6.45, 7) is 0.510. The van der Waals surface area contributed by atoms with Crippen LogP contribution in [0.4, 0.5) is 0 Å². The molecule has 0 aromatic carbocycles. The Morgan fingerprint density at radius 3 is 2.87 bits per heavy atom. The van der Waals surface area contributed by atoms with Crippen molar-refractivity contribution in [2.24, 2.45) is 5.10 Å². The van der Waals surface area contributed by atoms with Gasteiger partial charge in [0.05, 0.1) is 35.4 Å². The van der Waals surface area contributed by atoms with Crippen molar-refractivity contribution in [3.8, 4) is 0 Å². The van der Waals surface area contributed by atoms with E-state index in [4.69, 9.17) is 8.83 Å². The van der Waals surface area contributed by atoms with E-state index in [1.165, 1.54) is 16.8 Å². The zero-order valence-corrected chi connectivity index (χ0v) is 17.4. The number of aromatic nitrogens is 3. The van der Waals surface area contributed by atoms with Gasteiger partial charge in [0.2, 0.25) is 0 Å². The van der Waals surface area contributed by atoms with E-state index in [0.29, 0.717) is 18.1 Å². The Bertz CT molecular complexity index is 1130. The molecule has 5 heterocycles. The van der Waals surface area contributed by atoms with Gasteiger partial charge in [0, 0.05) is 6.42 Å². The molecule has 1 amide bonds. The Hall–Kier alpha value is -3.11. The summed E-state index contributed by atoms with van der Waals surface area (Å²) >= 11 is 2.94. The SMILES string of the molecule is O=C(CSc1nncn1Cc1ccco1)N1N=C(c2cccs2)CC1c1ccco1. The third-order valence-electron chi connectivity index (χ3n) is 4.65. The van der Waals surface area contributed by atoms with E-state index in [-0.39, 0.29) is 17.7 Å². The normalized spacial score (nSPS) is 16.2. The van der Waals surface area contributed by atoms with E-state index in [1.54, 1.807) is 30.2 Å². The topological polar surface area (TPSA) is 89.7 Å². The molecule has 0 saturated heterocycles. The van der Waals surface area contributed by atoms with Crippen LogP contribution in [-0.4, -0.2) is 37.1 Å². The smallest absolute Gasteiger partial charge is 0.253 e. The Morgan fingerprint density at radius 2 is 2.10 bits per heavy atom. The molecule has 152 valence electrons. The minimum absolute atomic E-state index is 0.111. The Labute approximate surface area is 180 Å². The molecule has 1 aliphatic heterocycles. The maximum Gasteiger partial charge on any atom is 0.253 e. The molecule has 10 heteroatoms. The van der Waals surface area contributed by atoms with Crippen LogP contribution in [0.2, 0.25) is 0 Å². The fourth-order valence-electron chi connectivity index (χ4n) is 3.26. The quantitative estimate of drug-likeness (QED) is 0.404. The van der Waals surface area contributed by atoms with Gasteiger partial charge in [0.1, 0.15) is 23.9 Å².